The minimum Gasteiger partial charge on any atom is -0.497 e. The van der Waals surface area contributed by atoms with E-state index in [2.05, 4.69) is 112 Å². The SMILES string of the molecule is COc1ccc(-c2c3nc(c(-c4ccc(OC)cc4)c4ccc([nH]4)c(-c4ccc(OC)c(CN(CCCl)CCCl)c4)c4ccc([nH]4)c(-c4ccc(OC)cc4)c4nc2C=C4)C=C3)cc1. The van der Waals surface area contributed by atoms with Crippen molar-refractivity contribution in [2.45, 2.75) is 6.54 Å². The highest BCUT2D eigenvalue weighted by molar-refractivity contribution is 6.18. The van der Waals surface area contributed by atoms with Gasteiger partial charge >= 0.3 is 0 Å². The van der Waals surface area contributed by atoms with Crippen LogP contribution in [0.4, 0.5) is 0 Å². The summed E-state index contributed by atoms with van der Waals surface area (Å²) in [6.07, 6.45) is 8.32. The minimum atomic E-state index is 0.493. The first kappa shape index (κ1) is 42.5. The maximum atomic E-state index is 6.26. The van der Waals surface area contributed by atoms with Crippen LogP contribution in [0.3, 0.4) is 0 Å². The largest absolute Gasteiger partial charge is 0.497 e. The Morgan fingerprint density at radius 3 is 1.20 bits per heavy atom. The fraction of sp³-hybridized carbons (Fsp3) is 0.170. The van der Waals surface area contributed by atoms with Gasteiger partial charge in [-0.3, -0.25) is 4.90 Å². The number of aromatic amines is 2. The maximum Gasteiger partial charge on any atom is 0.123 e. The monoisotopic (exact) mass is 887 g/mol. The second kappa shape index (κ2) is 18.9. The molecule has 2 aliphatic rings. The Labute approximate surface area is 382 Å². The first-order chi connectivity index (χ1) is 31.4. The van der Waals surface area contributed by atoms with Gasteiger partial charge in [0.05, 0.1) is 51.2 Å². The molecule has 11 heteroatoms. The van der Waals surface area contributed by atoms with Gasteiger partial charge in [0.1, 0.15) is 23.0 Å². The van der Waals surface area contributed by atoms with Crippen LogP contribution in [0, 0.1) is 0 Å². The Bertz CT molecular complexity index is 2890. The summed E-state index contributed by atoms with van der Waals surface area (Å²) in [5, 5.41) is 0. The lowest BCUT2D eigenvalue weighted by atomic mass is 10.0. The Morgan fingerprint density at radius 2 is 0.812 bits per heavy atom. The van der Waals surface area contributed by atoms with Gasteiger partial charge in [-0.15, -0.1) is 23.2 Å². The van der Waals surface area contributed by atoms with Crippen molar-refractivity contribution in [2.24, 2.45) is 0 Å². The van der Waals surface area contributed by atoms with Gasteiger partial charge in [-0.05, 0) is 119 Å². The highest BCUT2D eigenvalue weighted by atomic mass is 35.5. The third-order valence-corrected chi connectivity index (χ3v) is 12.0. The molecule has 9 nitrogen and oxygen atoms in total. The van der Waals surface area contributed by atoms with Crippen LogP contribution in [-0.2, 0) is 6.54 Å². The summed E-state index contributed by atoms with van der Waals surface area (Å²) in [5.41, 5.74) is 15.5. The quantitative estimate of drug-likeness (QED) is 0.105. The Hall–Kier alpha value is -6.78. The molecule has 2 N–H and O–H groups in total. The molecule has 0 unspecified atom stereocenters. The standard InChI is InChI=1S/C53H47Cl2N5O4/c1-61-38-12-5-33(6-13-38)50-41-18-20-43(56-41)51(34-7-14-39(62-2)15-8-34)45-22-24-47(58-45)53(36-11-26-49(64-4)37(31-36)32-60(29-27-54)30-28-55)48-25-23-46(59-48)52(44-21-19-42(50)57-44)35-9-16-40(63-3)17-10-35/h5-26,31,58-59H,27-30,32H2,1-4H3. The van der Waals surface area contributed by atoms with Crippen LogP contribution in [0.1, 0.15) is 28.3 Å². The average molecular weight is 889 g/mol. The molecule has 8 bridgehead atoms. The number of benzene rings is 4. The second-order valence-electron chi connectivity index (χ2n) is 15.4. The van der Waals surface area contributed by atoms with Crippen LogP contribution in [0.2, 0.25) is 0 Å². The van der Waals surface area contributed by atoms with E-state index >= 15 is 0 Å². The van der Waals surface area contributed by atoms with Gasteiger partial charge in [0.15, 0.2) is 0 Å². The Balaban J connectivity index is 1.40. The molecule has 322 valence electrons. The van der Waals surface area contributed by atoms with Crippen LogP contribution in [0.5, 0.6) is 23.0 Å². The molecule has 0 saturated heterocycles. The number of nitrogens with zero attached hydrogens (tertiary/aromatic N) is 3. The average Bonchev–Trinajstić information content (AvgIpc) is 4.18. The number of halogens is 2. The highest BCUT2D eigenvalue weighted by Crippen LogP contribution is 2.40. The van der Waals surface area contributed by atoms with E-state index < -0.39 is 0 Å². The third kappa shape index (κ3) is 8.50. The molecule has 0 aliphatic carbocycles. The molecular formula is C53H47Cl2N5O4. The fourth-order valence-electron chi connectivity index (χ4n) is 8.50. The predicted octanol–water partition coefficient (Wildman–Crippen LogP) is 12.6. The molecule has 5 heterocycles. The molecule has 0 atom stereocenters. The lowest BCUT2D eigenvalue weighted by Crippen LogP contribution is -2.27. The van der Waals surface area contributed by atoms with Crippen molar-refractivity contribution in [2.75, 3.05) is 53.3 Å². The topological polar surface area (TPSA) is 97.5 Å². The molecule has 2 aliphatic heterocycles. The second-order valence-corrected chi connectivity index (χ2v) is 16.1. The molecule has 64 heavy (non-hydrogen) atoms. The molecule has 9 rings (SSSR count). The van der Waals surface area contributed by atoms with Crippen molar-refractivity contribution in [3.63, 3.8) is 0 Å². The third-order valence-electron chi connectivity index (χ3n) is 11.7. The number of hydrogen-bond donors (Lipinski definition) is 2. The lowest BCUT2D eigenvalue weighted by Gasteiger charge is -2.22. The van der Waals surface area contributed by atoms with Crippen molar-refractivity contribution >= 4 is 69.6 Å². The summed E-state index contributed by atoms with van der Waals surface area (Å²) in [6, 6.07) is 39.1. The van der Waals surface area contributed by atoms with Crippen molar-refractivity contribution in [3.8, 4) is 67.5 Å². The zero-order valence-electron chi connectivity index (χ0n) is 36.0. The minimum absolute atomic E-state index is 0.493. The highest BCUT2D eigenvalue weighted by Gasteiger charge is 2.21. The van der Waals surface area contributed by atoms with E-state index in [4.69, 9.17) is 52.1 Å². The van der Waals surface area contributed by atoms with E-state index in [0.717, 1.165) is 118 Å². The molecule has 4 aromatic carbocycles. The summed E-state index contributed by atoms with van der Waals surface area (Å²) in [4.78, 5) is 20.8. The van der Waals surface area contributed by atoms with Crippen LogP contribution < -0.4 is 18.9 Å². The zero-order valence-corrected chi connectivity index (χ0v) is 37.6. The van der Waals surface area contributed by atoms with Gasteiger partial charge in [0.2, 0.25) is 0 Å². The van der Waals surface area contributed by atoms with Gasteiger partial charge in [-0.2, -0.15) is 0 Å². The Kier molecular flexibility index (Phi) is 12.6. The van der Waals surface area contributed by atoms with E-state index in [1.54, 1.807) is 28.4 Å². The van der Waals surface area contributed by atoms with E-state index in [0.29, 0.717) is 31.4 Å². The summed E-state index contributed by atoms with van der Waals surface area (Å²) in [6.45, 7) is 2.01. The van der Waals surface area contributed by atoms with Gasteiger partial charge in [-0.1, -0.05) is 42.5 Å². The molecule has 0 radical (unpaired) electrons. The number of hydrogen-bond acceptors (Lipinski definition) is 7. The van der Waals surface area contributed by atoms with Crippen molar-refractivity contribution in [1.29, 1.82) is 0 Å². The van der Waals surface area contributed by atoms with E-state index in [9.17, 15) is 0 Å². The first-order valence-electron chi connectivity index (χ1n) is 21.0. The van der Waals surface area contributed by atoms with Gasteiger partial charge in [0.25, 0.3) is 0 Å². The fourth-order valence-corrected chi connectivity index (χ4v) is 8.98. The zero-order chi connectivity index (χ0) is 44.2. The molecular weight excluding hydrogens is 842 g/mol. The first-order valence-corrected chi connectivity index (χ1v) is 22.1. The summed E-state index contributed by atoms with van der Waals surface area (Å²) in [7, 11) is 6.73. The molecule has 0 fully saturated rings. The maximum absolute atomic E-state index is 6.26. The van der Waals surface area contributed by atoms with Crippen LogP contribution in [0.15, 0.2) is 115 Å². The smallest absolute Gasteiger partial charge is 0.123 e. The molecule has 0 spiro atoms. The van der Waals surface area contributed by atoms with Crippen molar-refractivity contribution in [1.82, 2.24) is 24.8 Å². The summed E-state index contributed by atoms with van der Waals surface area (Å²) in [5.74, 6) is 4.08. The van der Waals surface area contributed by atoms with Crippen LogP contribution >= 0.6 is 23.2 Å². The van der Waals surface area contributed by atoms with Gasteiger partial charge in [-0.25, -0.2) is 9.97 Å². The number of fused-ring (bicyclic) bond motifs is 8. The van der Waals surface area contributed by atoms with Gasteiger partial charge < -0.3 is 28.9 Å². The normalized spacial score (nSPS) is 11.9. The molecule has 3 aromatic heterocycles. The van der Waals surface area contributed by atoms with Crippen molar-refractivity contribution < 1.29 is 18.9 Å². The number of aromatic nitrogens is 4. The molecule has 0 amide bonds. The number of rotatable bonds is 14. The number of alkyl halides is 2. The van der Waals surface area contributed by atoms with E-state index in [-0.39, 0.29) is 0 Å². The lowest BCUT2D eigenvalue weighted by molar-refractivity contribution is 0.292. The predicted molar refractivity (Wildman–Crippen MR) is 264 cm³/mol. The number of nitrogens with one attached hydrogen (secondary N) is 2. The van der Waals surface area contributed by atoms with E-state index in [1.807, 2.05) is 42.5 Å². The number of methoxy groups -OCH3 is 4. The van der Waals surface area contributed by atoms with Crippen LogP contribution in [0.25, 0.3) is 90.9 Å². The van der Waals surface area contributed by atoms with Gasteiger partial charge in [0, 0.05) is 81.3 Å². The van der Waals surface area contributed by atoms with E-state index in [1.165, 1.54) is 0 Å². The summed E-state index contributed by atoms with van der Waals surface area (Å²) < 4.78 is 22.6. The number of ether oxygens (including phenoxy) is 4. The summed E-state index contributed by atoms with van der Waals surface area (Å²) >= 11 is 12.5. The molecule has 7 aromatic rings. The molecule has 0 saturated carbocycles. The van der Waals surface area contributed by atoms with Crippen molar-refractivity contribution in [3.05, 3.63) is 144 Å². The van der Waals surface area contributed by atoms with Crippen LogP contribution in [-0.4, -0.2) is 78.1 Å². The number of H-pyrrole nitrogens is 2. The Morgan fingerprint density at radius 1 is 0.438 bits per heavy atom.